The summed E-state index contributed by atoms with van der Waals surface area (Å²) in [6.45, 7) is 0. The van der Waals surface area contributed by atoms with Crippen LogP contribution in [0.1, 0.15) is 24.0 Å². The third-order valence-corrected chi connectivity index (χ3v) is 8.64. The summed E-state index contributed by atoms with van der Waals surface area (Å²) in [5.41, 5.74) is -0.390. The topological polar surface area (TPSA) is 17.1 Å². The van der Waals surface area contributed by atoms with Gasteiger partial charge in [-0.1, -0.05) is 74.3 Å². The first-order chi connectivity index (χ1) is 15.5. The van der Waals surface area contributed by atoms with Crippen molar-refractivity contribution in [3.8, 4) is 0 Å². The van der Waals surface area contributed by atoms with Crippen molar-refractivity contribution in [2.45, 2.75) is 38.8 Å². The summed E-state index contributed by atoms with van der Waals surface area (Å²) in [5, 5.41) is -6.07. The van der Waals surface area contributed by atoms with Gasteiger partial charge in [0.05, 0.1) is 8.65 Å². The zero-order valence-electron chi connectivity index (χ0n) is 16.6. The van der Waals surface area contributed by atoms with E-state index >= 15 is 0 Å². The maximum absolute atomic E-state index is 14.6. The molecule has 34 heavy (non-hydrogen) atoms. The predicted molar refractivity (Wildman–Crippen MR) is 115 cm³/mol. The summed E-state index contributed by atoms with van der Waals surface area (Å²) in [6.07, 6.45) is -7.10. The van der Waals surface area contributed by atoms with Gasteiger partial charge >= 0.3 is 17.4 Å². The lowest BCUT2D eigenvalue weighted by Gasteiger charge is -2.42. The fraction of sp³-hybridized carbons (Fsp3) is 0.333. The number of hydrogen-bond donors (Lipinski definition) is 0. The zero-order valence-corrected chi connectivity index (χ0v) is 20.6. The molecule has 0 saturated carbocycles. The number of benzene rings is 2. The Morgan fingerprint density at radius 2 is 1.26 bits per heavy atom. The van der Waals surface area contributed by atoms with E-state index in [2.05, 4.69) is 31.9 Å². The third kappa shape index (κ3) is 4.59. The molecular weight excluding hydrogens is 631 g/mol. The molecule has 13 heteroatoms. The Bertz CT molecular complexity index is 1150. The van der Waals surface area contributed by atoms with Crippen molar-refractivity contribution < 1.29 is 43.7 Å². The molecule has 0 aromatic heterocycles. The molecule has 0 saturated heterocycles. The first-order valence-corrected chi connectivity index (χ1v) is 12.0. The highest BCUT2D eigenvalue weighted by molar-refractivity contribution is 9.10. The Hall–Kier alpha value is -1.34. The molecule has 186 valence electrons. The highest BCUT2D eigenvalue weighted by atomic mass is 79.9. The molecule has 2 aromatic carbocycles. The van der Waals surface area contributed by atoms with Gasteiger partial charge in [0.1, 0.15) is 22.4 Å². The second kappa shape index (κ2) is 8.95. The number of hydrogen-bond acceptors (Lipinski definition) is 1. The molecule has 0 fully saturated rings. The van der Waals surface area contributed by atoms with Crippen LogP contribution in [0, 0.1) is 11.6 Å². The Balaban J connectivity index is 2.23. The van der Waals surface area contributed by atoms with Crippen LogP contribution in [0.4, 0.5) is 39.5 Å². The molecule has 0 spiro atoms. The van der Waals surface area contributed by atoms with Crippen molar-refractivity contribution in [1.82, 2.24) is 0 Å². The molecule has 0 bridgehead atoms. The molecule has 0 N–H and O–H groups in total. The quantitative estimate of drug-likeness (QED) is 0.238. The molecule has 1 nitrogen and oxygen atoms in total. The average Bonchev–Trinajstić information content (AvgIpc) is 2.72. The van der Waals surface area contributed by atoms with Crippen LogP contribution in [0.3, 0.4) is 0 Å². The van der Waals surface area contributed by atoms with Crippen molar-refractivity contribution >= 4 is 42.7 Å². The second-order valence-electron chi connectivity index (χ2n) is 7.61. The summed E-state index contributed by atoms with van der Waals surface area (Å²) < 4.78 is 132. The smallest absolute Gasteiger partial charge is 0.248 e. The van der Waals surface area contributed by atoms with E-state index in [0.717, 1.165) is 18.2 Å². The van der Waals surface area contributed by atoms with E-state index in [1.54, 1.807) is 0 Å². The molecule has 3 rings (SSSR count). The lowest BCUT2D eigenvalue weighted by atomic mass is 9.78. The largest absolute Gasteiger partial charge is 0.461 e. The number of alkyl halides is 9. The van der Waals surface area contributed by atoms with E-state index in [4.69, 9.17) is 0 Å². The summed E-state index contributed by atoms with van der Waals surface area (Å²) in [5.74, 6) is -8.37. The molecule has 3 unspecified atom stereocenters. The summed E-state index contributed by atoms with van der Waals surface area (Å²) in [4.78, 5) is -1.06. The van der Waals surface area contributed by atoms with Crippen LogP contribution >= 0.6 is 31.9 Å². The molecular formula is C21H13Br2F9OS. The van der Waals surface area contributed by atoms with Crippen LogP contribution in [0.5, 0.6) is 0 Å². The van der Waals surface area contributed by atoms with Crippen LogP contribution in [0.25, 0.3) is 0 Å². The van der Waals surface area contributed by atoms with Crippen LogP contribution in [-0.2, 0) is 19.4 Å². The Morgan fingerprint density at radius 1 is 0.794 bits per heavy atom. The zero-order chi connectivity index (χ0) is 25.7. The predicted octanol–water partition coefficient (Wildman–Crippen LogP) is 8.06. The monoisotopic (exact) mass is 642 g/mol. The first kappa shape index (κ1) is 27.3. The summed E-state index contributed by atoms with van der Waals surface area (Å²) >= 11 is 6.36. The van der Waals surface area contributed by atoms with Gasteiger partial charge in [0, 0.05) is 22.5 Å². The first-order valence-electron chi connectivity index (χ1n) is 9.30. The Labute approximate surface area is 207 Å². The number of rotatable bonds is 5. The number of halogens is 11. The van der Waals surface area contributed by atoms with Gasteiger partial charge in [-0.15, -0.1) is 0 Å². The summed E-state index contributed by atoms with van der Waals surface area (Å²) in [7, 11) is -4.23. The van der Waals surface area contributed by atoms with Gasteiger partial charge in [-0.25, -0.2) is 13.0 Å². The molecule has 1 aliphatic carbocycles. The molecule has 0 heterocycles. The molecule has 0 radical (unpaired) electrons. The lowest BCUT2D eigenvalue weighted by molar-refractivity contribution is -0.331. The molecule has 3 atom stereocenters. The summed E-state index contributed by atoms with van der Waals surface area (Å²) in [6, 6.07) is 9.81. The van der Waals surface area contributed by atoms with E-state index in [0.29, 0.717) is 0 Å². The third-order valence-electron chi connectivity index (χ3n) is 5.25. The maximum atomic E-state index is 14.6. The highest BCUT2D eigenvalue weighted by Gasteiger charge is 2.76. The van der Waals surface area contributed by atoms with Gasteiger partial charge in [-0.05, 0) is 18.6 Å². The van der Waals surface area contributed by atoms with E-state index in [1.165, 1.54) is 36.4 Å². The van der Waals surface area contributed by atoms with Crippen molar-refractivity contribution in [2.24, 2.45) is 0 Å². The SMILES string of the molecule is O=S(C1=CC(Br)(c2ccccc2F)CC(Br)(c2ccccc2F)C1)C(F)(F)C(F)(F)C(F)(F)F. The van der Waals surface area contributed by atoms with Gasteiger partial charge in [-0.2, -0.15) is 30.7 Å². The highest BCUT2D eigenvalue weighted by Crippen LogP contribution is 2.58. The Morgan fingerprint density at radius 3 is 1.74 bits per heavy atom. The fourth-order valence-corrected chi connectivity index (χ4v) is 7.87. The van der Waals surface area contributed by atoms with E-state index in [9.17, 15) is 43.7 Å². The van der Waals surface area contributed by atoms with Crippen molar-refractivity contribution in [3.05, 3.63) is 82.3 Å². The van der Waals surface area contributed by atoms with Gasteiger partial charge in [0.15, 0.2) is 0 Å². The van der Waals surface area contributed by atoms with E-state index < -0.39 is 59.8 Å². The fourth-order valence-electron chi connectivity index (χ4n) is 3.66. The molecule has 1 aliphatic rings. The van der Waals surface area contributed by atoms with Gasteiger partial charge in [0.25, 0.3) is 0 Å². The average molecular weight is 644 g/mol. The molecule has 2 aromatic rings. The van der Waals surface area contributed by atoms with Gasteiger partial charge in [-0.3, -0.25) is 0 Å². The minimum absolute atomic E-state index is 0.177. The Kier molecular flexibility index (Phi) is 7.17. The maximum Gasteiger partial charge on any atom is 0.461 e. The van der Waals surface area contributed by atoms with Crippen molar-refractivity contribution in [1.29, 1.82) is 0 Å². The second-order valence-corrected chi connectivity index (χ2v) is 12.1. The standard InChI is InChI=1S/C21H13Br2F9OS/c22-17(13-5-1-3-7-15(13)24)9-12(34(33)21(31,32)19(26,27)20(28,29)30)10-18(23,11-17)14-6-2-4-8-16(14)25/h1-9H,10-11H2. The van der Waals surface area contributed by atoms with Crippen molar-refractivity contribution in [3.63, 3.8) is 0 Å². The molecule has 0 aliphatic heterocycles. The minimum atomic E-state index is -6.70. The van der Waals surface area contributed by atoms with Gasteiger partial charge in [0.2, 0.25) is 0 Å². The normalized spacial score (nSPS) is 25.1. The van der Waals surface area contributed by atoms with Crippen LogP contribution < -0.4 is 0 Å². The van der Waals surface area contributed by atoms with E-state index in [-0.39, 0.29) is 17.5 Å². The van der Waals surface area contributed by atoms with Gasteiger partial charge < -0.3 is 0 Å². The van der Waals surface area contributed by atoms with E-state index in [1.807, 2.05) is 0 Å². The van der Waals surface area contributed by atoms with Crippen LogP contribution in [-0.4, -0.2) is 21.6 Å². The number of allylic oxidation sites excluding steroid dienone is 2. The van der Waals surface area contributed by atoms with Crippen LogP contribution in [0.2, 0.25) is 0 Å². The van der Waals surface area contributed by atoms with Crippen LogP contribution in [0.15, 0.2) is 59.5 Å². The minimum Gasteiger partial charge on any atom is -0.248 e. The van der Waals surface area contributed by atoms with Crippen molar-refractivity contribution in [2.75, 3.05) is 0 Å². The lowest BCUT2D eigenvalue weighted by Crippen LogP contribution is -2.54. The molecule has 0 amide bonds.